The molecule has 1 aromatic heterocycles. The smallest absolute Gasteiger partial charge is 0.240 e. The molecule has 0 amide bonds. The lowest BCUT2D eigenvalue weighted by Gasteiger charge is -2.31. The second-order valence-corrected chi connectivity index (χ2v) is 6.18. The largest absolute Gasteiger partial charge is 0.479 e. The van der Waals surface area contributed by atoms with E-state index in [2.05, 4.69) is 28.2 Å². The minimum absolute atomic E-state index is 0.0812. The standard InChI is InChI=1S/C18H19N3O2/c1-12-21-18(11-23-12)7-6-14-13(10-18)4-3-5-15(14)16-17(22-2)20-9-8-19-16/h3-5,8-9H,6-7,10-11H2,1-2H3. The van der Waals surface area contributed by atoms with Crippen LogP contribution in [0.15, 0.2) is 35.6 Å². The van der Waals surface area contributed by atoms with Gasteiger partial charge in [-0.15, -0.1) is 0 Å². The Morgan fingerprint density at radius 1 is 1.22 bits per heavy atom. The molecule has 23 heavy (non-hydrogen) atoms. The molecule has 5 heteroatoms. The summed E-state index contributed by atoms with van der Waals surface area (Å²) in [6.07, 6.45) is 6.23. The van der Waals surface area contributed by atoms with Crippen LogP contribution in [0.1, 0.15) is 24.5 Å². The van der Waals surface area contributed by atoms with Gasteiger partial charge in [0.15, 0.2) is 5.90 Å². The van der Waals surface area contributed by atoms with Crippen molar-refractivity contribution in [2.24, 2.45) is 4.99 Å². The molecule has 0 saturated heterocycles. The first kappa shape index (κ1) is 14.2. The van der Waals surface area contributed by atoms with E-state index in [1.54, 1.807) is 19.5 Å². The van der Waals surface area contributed by atoms with Gasteiger partial charge in [0, 0.05) is 31.3 Å². The monoisotopic (exact) mass is 309 g/mol. The maximum atomic E-state index is 5.62. The van der Waals surface area contributed by atoms with E-state index in [9.17, 15) is 0 Å². The van der Waals surface area contributed by atoms with Crippen LogP contribution in [0, 0.1) is 0 Å². The summed E-state index contributed by atoms with van der Waals surface area (Å²) in [5.74, 6) is 1.37. The fourth-order valence-corrected chi connectivity index (χ4v) is 3.63. The lowest BCUT2D eigenvalue weighted by atomic mass is 9.77. The minimum atomic E-state index is -0.0812. The molecule has 2 heterocycles. The van der Waals surface area contributed by atoms with Gasteiger partial charge in [-0.2, -0.15) is 0 Å². The molecule has 2 aromatic rings. The van der Waals surface area contributed by atoms with E-state index in [4.69, 9.17) is 14.5 Å². The van der Waals surface area contributed by atoms with Crippen LogP contribution in [0.5, 0.6) is 5.88 Å². The normalized spacial score (nSPS) is 22.4. The molecule has 0 saturated carbocycles. The van der Waals surface area contributed by atoms with Crippen molar-refractivity contribution in [1.82, 2.24) is 9.97 Å². The quantitative estimate of drug-likeness (QED) is 0.856. The van der Waals surface area contributed by atoms with E-state index in [1.165, 1.54) is 11.1 Å². The Kier molecular flexibility index (Phi) is 3.29. The molecule has 2 aliphatic rings. The van der Waals surface area contributed by atoms with Crippen molar-refractivity contribution >= 4 is 5.90 Å². The number of ether oxygens (including phenoxy) is 2. The molecule has 0 N–H and O–H groups in total. The van der Waals surface area contributed by atoms with E-state index >= 15 is 0 Å². The SMILES string of the molecule is COc1nccnc1-c1cccc2c1CCC1(COC(C)=N1)C2. The summed E-state index contributed by atoms with van der Waals surface area (Å²) in [6, 6.07) is 6.36. The number of hydrogen-bond donors (Lipinski definition) is 0. The third-order valence-electron chi connectivity index (χ3n) is 4.69. The zero-order chi connectivity index (χ0) is 15.9. The summed E-state index contributed by atoms with van der Waals surface area (Å²) in [6.45, 7) is 2.63. The van der Waals surface area contributed by atoms with Gasteiger partial charge in [-0.3, -0.25) is 0 Å². The van der Waals surface area contributed by atoms with Crippen LogP contribution in [0.4, 0.5) is 0 Å². The molecule has 1 spiro atoms. The molecule has 0 radical (unpaired) electrons. The van der Waals surface area contributed by atoms with Crippen LogP contribution in [0.2, 0.25) is 0 Å². The zero-order valence-corrected chi connectivity index (χ0v) is 13.4. The zero-order valence-electron chi connectivity index (χ0n) is 13.4. The Labute approximate surface area is 135 Å². The summed E-state index contributed by atoms with van der Waals surface area (Å²) >= 11 is 0. The molecular formula is C18H19N3O2. The first-order valence-electron chi connectivity index (χ1n) is 7.86. The van der Waals surface area contributed by atoms with Crippen LogP contribution in [0.25, 0.3) is 11.3 Å². The lowest BCUT2D eigenvalue weighted by molar-refractivity contribution is 0.236. The maximum Gasteiger partial charge on any atom is 0.240 e. The van der Waals surface area contributed by atoms with E-state index in [1.807, 2.05) is 6.92 Å². The number of aliphatic imine (C=N–C) groups is 1. The maximum absolute atomic E-state index is 5.62. The summed E-state index contributed by atoms with van der Waals surface area (Å²) in [5.41, 5.74) is 4.49. The number of benzene rings is 1. The third kappa shape index (κ3) is 2.36. The first-order chi connectivity index (χ1) is 11.2. The van der Waals surface area contributed by atoms with Crippen LogP contribution in [-0.4, -0.2) is 35.1 Å². The van der Waals surface area contributed by atoms with E-state index < -0.39 is 0 Å². The number of fused-ring (bicyclic) bond motifs is 1. The number of hydrogen-bond acceptors (Lipinski definition) is 5. The fraction of sp³-hybridized carbons (Fsp3) is 0.389. The molecule has 0 bridgehead atoms. The average Bonchev–Trinajstić information content (AvgIpc) is 2.94. The van der Waals surface area contributed by atoms with Crippen LogP contribution < -0.4 is 4.74 Å². The second-order valence-electron chi connectivity index (χ2n) is 6.18. The molecule has 4 rings (SSSR count). The lowest BCUT2D eigenvalue weighted by Crippen LogP contribution is -2.35. The molecule has 1 atom stereocenters. The Morgan fingerprint density at radius 3 is 2.87 bits per heavy atom. The minimum Gasteiger partial charge on any atom is -0.479 e. The van der Waals surface area contributed by atoms with E-state index in [0.717, 1.165) is 36.4 Å². The number of nitrogens with zero attached hydrogens (tertiary/aromatic N) is 3. The predicted molar refractivity (Wildman–Crippen MR) is 87.8 cm³/mol. The predicted octanol–water partition coefficient (Wildman–Crippen LogP) is 2.83. The van der Waals surface area contributed by atoms with Crippen LogP contribution in [0.3, 0.4) is 0 Å². The highest BCUT2D eigenvalue weighted by Crippen LogP contribution is 2.39. The molecule has 118 valence electrons. The van der Waals surface area contributed by atoms with Crippen molar-refractivity contribution in [3.8, 4) is 17.1 Å². The summed E-state index contributed by atoms with van der Waals surface area (Å²) in [5, 5.41) is 0. The van der Waals surface area contributed by atoms with Gasteiger partial charge in [-0.1, -0.05) is 18.2 Å². The topological polar surface area (TPSA) is 56.6 Å². The molecule has 1 unspecified atom stereocenters. The molecule has 1 aliphatic heterocycles. The van der Waals surface area contributed by atoms with Crippen molar-refractivity contribution in [3.63, 3.8) is 0 Å². The van der Waals surface area contributed by atoms with Crippen molar-refractivity contribution in [3.05, 3.63) is 41.7 Å². The Hall–Kier alpha value is -2.43. The Bertz CT molecular complexity index is 788. The third-order valence-corrected chi connectivity index (χ3v) is 4.69. The summed E-state index contributed by atoms with van der Waals surface area (Å²) in [7, 11) is 1.63. The fourth-order valence-electron chi connectivity index (χ4n) is 3.63. The van der Waals surface area contributed by atoms with Crippen molar-refractivity contribution in [1.29, 1.82) is 0 Å². The number of methoxy groups -OCH3 is 1. The van der Waals surface area contributed by atoms with E-state index in [-0.39, 0.29) is 5.54 Å². The molecule has 1 aromatic carbocycles. The van der Waals surface area contributed by atoms with Crippen molar-refractivity contribution in [2.45, 2.75) is 31.7 Å². The van der Waals surface area contributed by atoms with Gasteiger partial charge in [0.25, 0.3) is 0 Å². The number of rotatable bonds is 2. The van der Waals surface area contributed by atoms with Gasteiger partial charge in [0.05, 0.1) is 7.11 Å². The highest BCUT2D eigenvalue weighted by molar-refractivity contribution is 5.76. The molecule has 5 nitrogen and oxygen atoms in total. The Balaban J connectivity index is 1.77. The van der Waals surface area contributed by atoms with E-state index in [0.29, 0.717) is 12.5 Å². The average molecular weight is 309 g/mol. The van der Waals surface area contributed by atoms with Crippen molar-refractivity contribution in [2.75, 3.05) is 13.7 Å². The van der Waals surface area contributed by atoms with Gasteiger partial charge >= 0.3 is 0 Å². The Morgan fingerprint density at radius 2 is 2.09 bits per heavy atom. The van der Waals surface area contributed by atoms with Gasteiger partial charge in [-0.05, 0) is 24.0 Å². The number of aromatic nitrogens is 2. The highest BCUT2D eigenvalue weighted by Gasteiger charge is 2.39. The highest BCUT2D eigenvalue weighted by atomic mass is 16.5. The molecule has 1 aliphatic carbocycles. The van der Waals surface area contributed by atoms with Gasteiger partial charge in [0.2, 0.25) is 5.88 Å². The van der Waals surface area contributed by atoms with Crippen LogP contribution in [-0.2, 0) is 17.6 Å². The summed E-state index contributed by atoms with van der Waals surface area (Å²) < 4.78 is 11.0. The molecular weight excluding hydrogens is 290 g/mol. The second kappa shape index (κ2) is 5.33. The van der Waals surface area contributed by atoms with Gasteiger partial charge in [-0.25, -0.2) is 15.0 Å². The van der Waals surface area contributed by atoms with Gasteiger partial charge < -0.3 is 9.47 Å². The summed E-state index contributed by atoms with van der Waals surface area (Å²) in [4.78, 5) is 13.5. The van der Waals surface area contributed by atoms with Crippen LogP contribution >= 0.6 is 0 Å². The first-order valence-corrected chi connectivity index (χ1v) is 7.86. The van der Waals surface area contributed by atoms with Gasteiger partial charge in [0.1, 0.15) is 17.8 Å². The van der Waals surface area contributed by atoms with Crippen molar-refractivity contribution < 1.29 is 9.47 Å². The molecule has 0 fully saturated rings.